The summed E-state index contributed by atoms with van der Waals surface area (Å²) in [5.41, 5.74) is 0. The van der Waals surface area contributed by atoms with Crippen molar-refractivity contribution in [3.8, 4) is 0 Å². The number of hydrogen-bond donors (Lipinski definition) is 1. The van der Waals surface area contributed by atoms with Crippen LogP contribution in [0.15, 0.2) is 0 Å². The minimum atomic E-state index is -0.104. The number of aliphatic hydroxyl groups excluding tert-OH is 1. The Morgan fingerprint density at radius 1 is 1.31 bits per heavy atom. The maximum absolute atomic E-state index is 9.52. The van der Waals surface area contributed by atoms with Crippen LogP contribution in [0.2, 0.25) is 0 Å². The van der Waals surface area contributed by atoms with Gasteiger partial charge in [0, 0.05) is 19.6 Å². The molecule has 13 heavy (non-hydrogen) atoms. The van der Waals surface area contributed by atoms with Gasteiger partial charge < -0.3 is 9.84 Å². The van der Waals surface area contributed by atoms with Crippen LogP contribution in [0, 0.1) is 0 Å². The van der Waals surface area contributed by atoms with Crippen LogP contribution in [0.25, 0.3) is 0 Å². The standard InChI is InChI=1S/C10H21NO2/c1-2-3-10(12)4-5-11-6-8-13-9-7-11/h10,12H,2-9H2,1H3. The van der Waals surface area contributed by atoms with Crippen LogP contribution >= 0.6 is 0 Å². The minimum absolute atomic E-state index is 0.104. The molecule has 0 spiro atoms. The highest BCUT2D eigenvalue weighted by Crippen LogP contribution is 2.04. The second-order valence-corrected chi connectivity index (χ2v) is 3.69. The van der Waals surface area contributed by atoms with E-state index < -0.39 is 0 Å². The summed E-state index contributed by atoms with van der Waals surface area (Å²) in [4.78, 5) is 2.36. The predicted octanol–water partition coefficient (Wildman–Crippen LogP) is 0.870. The molecule has 3 nitrogen and oxygen atoms in total. The van der Waals surface area contributed by atoms with Gasteiger partial charge in [0.25, 0.3) is 0 Å². The summed E-state index contributed by atoms with van der Waals surface area (Å²) in [5.74, 6) is 0. The first-order valence-corrected chi connectivity index (χ1v) is 5.31. The van der Waals surface area contributed by atoms with E-state index in [1.165, 1.54) is 0 Å². The fourth-order valence-electron chi connectivity index (χ4n) is 1.63. The molecular formula is C10H21NO2. The van der Waals surface area contributed by atoms with E-state index in [-0.39, 0.29) is 6.10 Å². The zero-order valence-corrected chi connectivity index (χ0v) is 8.54. The first kappa shape index (κ1) is 11.0. The largest absolute Gasteiger partial charge is 0.393 e. The molecule has 1 rings (SSSR count). The predicted molar refractivity (Wildman–Crippen MR) is 52.8 cm³/mol. The second-order valence-electron chi connectivity index (χ2n) is 3.69. The third kappa shape index (κ3) is 4.60. The van der Waals surface area contributed by atoms with Crippen molar-refractivity contribution in [3.05, 3.63) is 0 Å². The summed E-state index contributed by atoms with van der Waals surface area (Å²) < 4.78 is 5.25. The molecule has 0 saturated carbocycles. The molecular weight excluding hydrogens is 166 g/mol. The van der Waals surface area contributed by atoms with E-state index in [0.717, 1.165) is 52.1 Å². The van der Waals surface area contributed by atoms with E-state index in [4.69, 9.17) is 4.74 Å². The molecule has 0 amide bonds. The van der Waals surface area contributed by atoms with Crippen LogP contribution in [-0.4, -0.2) is 49.0 Å². The average molecular weight is 187 g/mol. The van der Waals surface area contributed by atoms with Crippen LogP contribution in [0.1, 0.15) is 26.2 Å². The third-order valence-electron chi connectivity index (χ3n) is 2.50. The Morgan fingerprint density at radius 2 is 2.00 bits per heavy atom. The van der Waals surface area contributed by atoms with Gasteiger partial charge >= 0.3 is 0 Å². The molecule has 0 bridgehead atoms. The lowest BCUT2D eigenvalue weighted by molar-refractivity contribution is 0.0295. The lowest BCUT2D eigenvalue weighted by atomic mass is 10.1. The Bertz CT molecular complexity index is 124. The second kappa shape index (κ2) is 6.35. The number of rotatable bonds is 5. The van der Waals surface area contributed by atoms with Crippen molar-refractivity contribution in [1.29, 1.82) is 0 Å². The van der Waals surface area contributed by atoms with Gasteiger partial charge in [-0.3, -0.25) is 4.90 Å². The van der Waals surface area contributed by atoms with E-state index in [0.29, 0.717) is 0 Å². The SMILES string of the molecule is CCCC(O)CCN1CCOCC1. The number of nitrogens with zero attached hydrogens (tertiary/aromatic N) is 1. The molecule has 1 aliphatic heterocycles. The van der Waals surface area contributed by atoms with E-state index in [1.54, 1.807) is 0 Å². The Morgan fingerprint density at radius 3 is 2.62 bits per heavy atom. The van der Waals surface area contributed by atoms with Gasteiger partial charge in [0.1, 0.15) is 0 Å². The van der Waals surface area contributed by atoms with Crippen molar-refractivity contribution in [1.82, 2.24) is 4.90 Å². The van der Waals surface area contributed by atoms with Gasteiger partial charge in [0.15, 0.2) is 0 Å². The van der Waals surface area contributed by atoms with Gasteiger partial charge in [-0.15, -0.1) is 0 Å². The summed E-state index contributed by atoms with van der Waals surface area (Å²) in [6.07, 6.45) is 2.82. The van der Waals surface area contributed by atoms with Crippen molar-refractivity contribution in [2.24, 2.45) is 0 Å². The van der Waals surface area contributed by atoms with Gasteiger partial charge in [0.05, 0.1) is 19.3 Å². The number of aliphatic hydroxyl groups is 1. The highest BCUT2D eigenvalue weighted by molar-refractivity contribution is 4.64. The zero-order valence-electron chi connectivity index (χ0n) is 8.54. The molecule has 1 atom stereocenters. The Labute approximate surface area is 80.7 Å². The molecule has 1 saturated heterocycles. The maximum Gasteiger partial charge on any atom is 0.0594 e. The van der Waals surface area contributed by atoms with Crippen molar-refractivity contribution >= 4 is 0 Å². The molecule has 0 aromatic carbocycles. The molecule has 0 aromatic heterocycles. The molecule has 78 valence electrons. The van der Waals surface area contributed by atoms with E-state index >= 15 is 0 Å². The summed E-state index contributed by atoms with van der Waals surface area (Å²) in [7, 11) is 0. The molecule has 1 N–H and O–H groups in total. The van der Waals surface area contributed by atoms with Gasteiger partial charge in [-0.05, 0) is 12.8 Å². The van der Waals surface area contributed by atoms with Crippen molar-refractivity contribution in [2.75, 3.05) is 32.8 Å². The Balaban J connectivity index is 2.03. The van der Waals surface area contributed by atoms with Gasteiger partial charge in [-0.1, -0.05) is 13.3 Å². The molecule has 1 unspecified atom stereocenters. The highest BCUT2D eigenvalue weighted by Gasteiger charge is 2.11. The average Bonchev–Trinajstić information content (AvgIpc) is 2.17. The van der Waals surface area contributed by atoms with Crippen LogP contribution in [-0.2, 0) is 4.74 Å². The van der Waals surface area contributed by atoms with Gasteiger partial charge in [0.2, 0.25) is 0 Å². The quantitative estimate of drug-likeness (QED) is 0.693. The Hall–Kier alpha value is -0.120. The molecule has 0 aromatic rings. The van der Waals surface area contributed by atoms with Crippen molar-refractivity contribution < 1.29 is 9.84 Å². The lowest BCUT2D eigenvalue weighted by Crippen LogP contribution is -2.37. The molecule has 3 heteroatoms. The minimum Gasteiger partial charge on any atom is -0.393 e. The summed E-state index contributed by atoms with van der Waals surface area (Å²) in [6, 6.07) is 0. The summed E-state index contributed by atoms with van der Waals surface area (Å²) in [6.45, 7) is 6.88. The summed E-state index contributed by atoms with van der Waals surface area (Å²) in [5, 5.41) is 9.52. The molecule has 0 radical (unpaired) electrons. The first-order valence-electron chi connectivity index (χ1n) is 5.31. The van der Waals surface area contributed by atoms with E-state index in [2.05, 4.69) is 11.8 Å². The third-order valence-corrected chi connectivity index (χ3v) is 2.50. The fourth-order valence-corrected chi connectivity index (χ4v) is 1.63. The fraction of sp³-hybridized carbons (Fsp3) is 1.00. The molecule has 1 fully saturated rings. The topological polar surface area (TPSA) is 32.7 Å². The van der Waals surface area contributed by atoms with Crippen LogP contribution in [0.4, 0.5) is 0 Å². The van der Waals surface area contributed by atoms with E-state index in [9.17, 15) is 5.11 Å². The van der Waals surface area contributed by atoms with Crippen molar-refractivity contribution in [2.45, 2.75) is 32.3 Å². The van der Waals surface area contributed by atoms with Gasteiger partial charge in [-0.25, -0.2) is 0 Å². The van der Waals surface area contributed by atoms with Gasteiger partial charge in [-0.2, -0.15) is 0 Å². The zero-order chi connectivity index (χ0) is 9.52. The monoisotopic (exact) mass is 187 g/mol. The maximum atomic E-state index is 9.52. The molecule has 1 heterocycles. The summed E-state index contributed by atoms with van der Waals surface area (Å²) >= 11 is 0. The van der Waals surface area contributed by atoms with Crippen molar-refractivity contribution in [3.63, 3.8) is 0 Å². The molecule has 1 aliphatic rings. The first-order chi connectivity index (χ1) is 6.33. The van der Waals surface area contributed by atoms with E-state index in [1.807, 2.05) is 0 Å². The highest BCUT2D eigenvalue weighted by atomic mass is 16.5. The number of hydrogen-bond acceptors (Lipinski definition) is 3. The number of ether oxygens (including phenoxy) is 1. The Kier molecular flexibility index (Phi) is 5.35. The number of morpholine rings is 1. The normalized spacial score (nSPS) is 21.7. The smallest absolute Gasteiger partial charge is 0.0594 e. The van der Waals surface area contributed by atoms with Crippen LogP contribution in [0.3, 0.4) is 0 Å². The lowest BCUT2D eigenvalue weighted by Gasteiger charge is -2.27. The molecule has 0 aliphatic carbocycles. The van der Waals surface area contributed by atoms with Crippen LogP contribution in [0.5, 0.6) is 0 Å². The van der Waals surface area contributed by atoms with Crippen LogP contribution < -0.4 is 0 Å².